The van der Waals surface area contributed by atoms with Crippen LogP contribution in [0.2, 0.25) is 0 Å². The zero-order chi connectivity index (χ0) is 14.7. The second-order valence-electron chi connectivity index (χ2n) is 4.92. The van der Waals surface area contributed by atoms with Gasteiger partial charge in [-0.2, -0.15) is 0 Å². The summed E-state index contributed by atoms with van der Waals surface area (Å²) in [4.78, 5) is 20.6. The average Bonchev–Trinajstić information content (AvgIpc) is 2.98. The molecule has 2 rings (SSSR count). The van der Waals surface area contributed by atoms with Gasteiger partial charge in [-0.25, -0.2) is 9.97 Å². The number of nitrogens with two attached hydrogens (primary N) is 1. The third-order valence-electron chi connectivity index (χ3n) is 2.66. The van der Waals surface area contributed by atoms with Crippen molar-refractivity contribution in [3.8, 4) is 0 Å². The summed E-state index contributed by atoms with van der Waals surface area (Å²) in [5.41, 5.74) is 7.50. The molecule has 20 heavy (non-hydrogen) atoms. The van der Waals surface area contributed by atoms with Crippen molar-refractivity contribution in [1.82, 2.24) is 9.97 Å². The molecule has 108 valence electrons. The van der Waals surface area contributed by atoms with Crippen molar-refractivity contribution in [1.29, 1.82) is 0 Å². The lowest BCUT2D eigenvalue weighted by molar-refractivity contribution is -0.115. The molecule has 5 nitrogen and oxygen atoms in total. The predicted molar refractivity (Wildman–Crippen MR) is 83.3 cm³/mol. The number of aromatic nitrogens is 2. The fourth-order valence-corrected chi connectivity index (χ4v) is 3.22. The average molecular weight is 310 g/mol. The molecular formula is C13H18N4OS2. The second kappa shape index (κ2) is 6.43. The van der Waals surface area contributed by atoms with Crippen LogP contribution < -0.4 is 11.1 Å². The maximum atomic E-state index is 11.9. The first-order valence-corrected chi connectivity index (χ1v) is 8.16. The summed E-state index contributed by atoms with van der Waals surface area (Å²) in [6.07, 6.45) is 0.250. The Balaban J connectivity index is 1.94. The zero-order valence-corrected chi connectivity index (χ0v) is 13.3. The highest BCUT2D eigenvalue weighted by atomic mass is 32.1. The molecule has 0 aliphatic heterocycles. The Bertz CT molecular complexity index is 538. The lowest BCUT2D eigenvalue weighted by Crippen LogP contribution is -2.15. The number of hydrogen-bond acceptors (Lipinski definition) is 6. The van der Waals surface area contributed by atoms with E-state index in [9.17, 15) is 4.79 Å². The van der Waals surface area contributed by atoms with Crippen molar-refractivity contribution < 1.29 is 4.79 Å². The molecule has 0 aliphatic carbocycles. The van der Waals surface area contributed by atoms with Crippen LogP contribution in [0, 0.1) is 0 Å². The van der Waals surface area contributed by atoms with E-state index in [1.54, 1.807) is 0 Å². The van der Waals surface area contributed by atoms with E-state index in [2.05, 4.69) is 29.1 Å². The molecule has 0 saturated heterocycles. The smallest absolute Gasteiger partial charge is 0.232 e. The van der Waals surface area contributed by atoms with Crippen LogP contribution in [0.4, 0.5) is 5.13 Å². The molecule has 0 saturated carbocycles. The van der Waals surface area contributed by atoms with Gasteiger partial charge in [0.1, 0.15) is 5.01 Å². The van der Waals surface area contributed by atoms with Gasteiger partial charge >= 0.3 is 0 Å². The monoisotopic (exact) mass is 310 g/mol. The number of carbonyl (C=O) groups is 1. The van der Waals surface area contributed by atoms with Crippen molar-refractivity contribution >= 4 is 33.7 Å². The van der Waals surface area contributed by atoms with E-state index in [1.165, 1.54) is 22.7 Å². The third-order valence-corrected chi connectivity index (χ3v) is 4.53. The number of hydrogen-bond donors (Lipinski definition) is 2. The molecule has 0 fully saturated rings. The van der Waals surface area contributed by atoms with Gasteiger partial charge in [-0.1, -0.05) is 13.8 Å². The number of thiazole rings is 2. The number of anilines is 1. The largest absolute Gasteiger partial charge is 0.322 e. The molecule has 1 unspecified atom stereocenters. The minimum Gasteiger partial charge on any atom is -0.322 e. The van der Waals surface area contributed by atoms with Gasteiger partial charge in [0.2, 0.25) is 5.91 Å². The molecule has 0 bridgehead atoms. The molecule has 0 radical (unpaired) electrons. The quantitative estimate of drug-likeness (QED) is 0.889. The van der Waals surface area contributed by atoms with E-state index in [4.69, 9.17) is 5.73 Å². The van der Waals surface area contributed by atoms with Crippen LogP contribution in [0.15, 0.2) is 10.8 Å². The summed E-state index contributed by atoms with van der Waals surface area (Å²) in [6, 6.07) is -0.0932. The topological polar surface area (TPSA) is 80.9 Å². The third kappa shape index (κ3) is 3.84. The molecule has 0 aromatic carbocycles. The van der Waals surface area contributed by atoms with Crippen LogP contribution in [-0.4, -0.2) is 15.9 Å². The molecule has 0 spiro atoms. The lowest BCUT2D eigenvalue weighted by Gasteiger charge is -2.01. The van der Waals surface area contributed by atoms with Crippen LogP contribution >= 0.6 is 22.7 Å². The van der Waals surface area contributed by atoms with Crippen LogP contribution in [0.1, 0.15) is 49.1 Å². The van der Waals surface area contributed by atoms with Crippen LogP contribution in [0.5, 0.6) is 0 Å². The predicted octanol–water partition coefficient (Wildman–Crippen LogP) is 2.92. The van der Waals surface area contributed by atoms with Crippen LogP contribution in [0.25, 0.3) is 0 Å². The molecule has 2 heterocycles. The second-order valence-corrected chi connectivity index (χ2v) is 6.67. The first-order chi connectivity index (χ1) is 9.45. The summed E-state index contributed by atoms with van der Waals surface area (Å²) in [5.74, 6) is 0.264. The van der Waals surface area contributed by atoms with Gasteiger partial charge in [0.05, 0.1) is 23.9 Å². The van der Waals surface area contributed by atoms with Crippen molar-refractivity contribution in [2.45, 2.75) is 39.2 Å². The molecule has 3 N–H and O–H groups in total. The van der Waals surface area contributed by atoms with E-state index in [0.29, 0.717) is 11.0 Å². The van der Waals surface area contributed by atoms with E-state index in [-0.39, 0.29) is 18.4 Å². The molecule has 1 amide bonds. The van der Waals surface area contributed by atoms with Crippen molar-refractivity contribution in [3.63, 3.8) is 0 Å². The highest BCUT2D eigenvalue weighted by molar-refractivity contribution is 7.14. The van der Waals surface area contributed by atoms with E-state index < -0.39 is 0 Å². The number of nitrogens with zero attached hydrogens (tertiary/aromatic N) is 2. The first kappa shape index (κ1) is 15.1. The van der Waals surface area contributed by atoms with Gasteiger partial charge in [0.25, 0.3) is 0 Å². The van der Waals surface area contributed by atoms with Gasteiger partial charge in [-0.05, 0) is 12.8 Å². The Labute approximate surface area is 126 Å². The normalized spacial score (nSPS) is 12.7. The molecule has 2 aromatic heterocycles. The van der Waals surface area contributed by atoms with Crippen LogP contribution in [0.3, 0.4) is 0 Å². The zero-order valence-electron chi connectivity index (χ0n) is 11.7. The maximum Gasteiger partial charge on any atom is 0.232 e. The number of nitrogens with one attached hydrogen (secondary N) is 1. The number of carbonyl (C=O) groups excluding carboxylic acids is 1. The summed E-state index contributed by atoms with van der Waals surface area (Å²) < 4.78 is 0. The molecule has 0 aliphatic rings. The van der Waals surface area contributed by atoms with Crippen molar-refractivity contribution in [3.05, 3.63) is 27.2 Å². The summed E-state index contributed by atoms with van der Waals surface area (Å²) >= 11 is 2.93. The Morgan fingerprint density at radius 3 is 2.60 bits per heavy atom. The van der Waals surface area contributed by atoms with Gasteiger partial charge in [-0.15, -0.1) is 22.7 Å². The van der Waals surface area contributed by atoms with E-state index in [0.717, 1.165) is 16.4 Å². The van der Waals surface area contributed by atoms with Crippen molar-refractivity contribution in [2.75, 3.05) is 5.32 Å². The minimum absolute atomic E-state index is 0.0932. The molecule has 1 atom stereocenters. The Morgan fingerprint density at radius 1 is 1.30 bits per heavy atom. The van der Waals surface area contributed by atoms with Gasteiger partial charge in [0, 0.05) is 10.8 Å². The van der Waals surface area contributed by atoms with Gasteiger partial charge in [0.15, 0.2) is 5.13 Å². The minimum atomic E-state index is -0.101. The van der Waals surface area contributed by atoms with E-state index >= 15 is 0 Å². The fraction of sp³-hybridized carbons (Fsp3) is 0.462. The molecular weight excluding hydrogens is 292 g/mol. The number of rotatable bonds is 5. The SMILES string of the molecule is CC(C)c1csc(NC(=O)Cc2csc(C(C)N)n2)n1. The fourth-order valence-electron chi connectivity index (χ4n) is 1.55. The Kier molecular flexibility index (Phi) is 4.85. The highest BCUT2D eigenvalue weighted by Crippen LogP contribution is 2.22. The highest BCUT2D eigenvalue weighted by Gasteiger charge is 2.12. The summed E-state index contributed by atoms with van der Waals surface area (Å²) in [5, 5.41) is 8.14. The lowest BCUT2D eigenvalue weighted by atomic mass is 10.2. The summed E-state index contributed by atoms with van der Waals surface area (Å²) in [6.45, 7) is 6.03. The van der Waals surface area contributed by atoms with Gasteiger partial charge < -0.3 is 11.1 Å². The summed E-state index contributed by atoms with van der Waals surface area (Å²) in [7, 11) is 0. The first-order valence-electron chi connectivity index (χ1n) is 6.41. The van der Waals surface area contributed by atoms with E-state index in [1.807, 2.05) is 17.7 Å². The molecule has 2 aromatic rings. The maximum absolute atomic E-state index is 11.9. The van der Waals surface area contributed by atoms with Crippen LogP contribution in [-0.2, 0) is 11.2 Å². The standard InChI is InChI=1S/C13H18N4OS2/c1-7(2)10-6-20-13(16-10)17-11(18)4-9-5-19-12(15-9)8(3)14/h5-8H,4,14H2,1-3H3,(H,16,17,18). The van der Waals surface area contributed by atoms with Gasteiger partial charge in [-0.3, -0.25) is 4.79 Å². The number of amides is 1. The Morgan fingerprint density at radius 2 is 2.05 bits per heavy atom. The molecule has 7 heteroatoms. The Hall–Kier alpha value is -1.31. The van der Waals surface area contributed by atoms with Crippen molar-refractivity contribution in [2.24, 2.45) is 5.73 Å².